The molecule has 0 bridgehead atoms. The van der Waals surface area contributed by atoms with E-state index in [1.54, 1.807) is 7.11 Å². The second-order valence-electron chi connectivity index (χ2n) is 8.07. The smallest absolute Gasteiger partial charge is 0.252 e. The van der Waals surface area contributed by atoms with Gasteiger partial charge in [0.1, 0.15) is 5.75 Å². The van der Waals surface area contributed by atoms with Gasteiger partial charge in [0.15, 0.2) is 0 Å². The number of fused-ring (bicyclic) bond motifs is 1. The number of rotatable bonds is 6. The van der Waals surface area contributed by atoms with Crippen molar-refractivity contribution >= 4 is 16.8 Å². The minimum atomic E-state index is -0.0321. The van der Waals surface area contributed by atoms with Crippen LogP contribution in [-0.4, -0.2) is 54.0 Å². The maximum atomic E-state index is 12.7. The van der Waals surface area contributed by atoms with Gasteiger partial charge in [-0.25, -0.2) is 0 Å². The number of methoxy groups -OCH3 is 1. The molecule has 1 aromatic heterocycles. The molecule has 1 saturated heterocycles. The molecule has 162 valence electrons. The predicted molar refractivity (Wildman–Crippen MR) is 122 cm³/mol. The van der Waals surface area contributed by atoms with E-state index < -0.39 is 0 Å². The van der Waals surface area contributed by atoms with E-state index in [2.05, 4.69) is 9.88 Å². The van der Waals surface area contributed by atoms with Gasteiger partial charge in [0.05, 0.1) is 7.11 Å². The molecular weight excluding hydrogens is 390 g/mol. The summed E-state index contributed by atoms with van der Waals surface area (Å²) in [5, 5.41) is 1.04. The van der Waals surface area contributed by atoms with Gasteiger partial charge in [0.25, 0.3) is 5.56 Å². The Morgan fingerprint density at radius 3 is 2.65 bits per heavy atom. The highest BCUT2D eigenvalue weighted by Gasteiger charge is 2.20. The Hall–Kier alpha value is -3.12. The molecule has 4 rings (SSSR count). The van der Waals surface area contributed by atoms with Crippen molar-refractivity contribution in [2.75, 3.05) is 33.3 Å². The summed E-state index contributed by atoms with van der Waals surface area (Å²) < 4.78 is 5.18. The second-order valence-corrected chi connectivity index (χ2v) is 8.07. The average Bonchev–Trinajstić information content (AvgIpc) is 3.04. The lowest BCUT2D eigenvalue weighted by Crippen LogP contribution is -2.35. The van der Waals surface area contributed by atoms with Crippen molar-refractivity contribution in [1.82, 2.24) is 14.8 Å². The van der Waals surface area contributed by atoms with E-state index in [0.29, 0.717) is 19.5 Å². The molecule has 1 aliphatic heterocycles. The normalized spacial score (nSPS) is 15.1. The summed E-state index contributed by atoms with van der Waals surface area (Å²) in [7, 11) is 1.65. The zero-order valence-electron chi connectivity index (χ0n) is 18.0. The maximum Gasteiger partial charge on any atom is 0.252 e. The van der Waals surface area contributed by atoms with Crippen molar-refractivity contribution in [3.05, 3.63) is 76.1 Å². The molecule has 0 radical (unpaired) electrons. The van der Waals surface area contributed by atoms with Gasteiger partial charge in [-0.3, -0.25) is 14.5 Å². The van der Waals surface area contributed by atoms with Gasteiger partial charge in [-0.05, 0) is 48.1 Å². The summed E-state index contributed by atoms with van der Waals surface area (Å²) in [5.74, 6) is 1.02. The molecular formula is C25H29N3O3. The third kappa shape index (κ3) is 5.33. The number of amides is 1. The SMILES string of the molecule is COc1ccc(CCC(=O)N2CCCN(Cc3cc4ccccc4[nH]c3=O)CC2)cc1. The fourth-order valence-corrected chi connectivity index (χ4v) is 4.13. The summed E-state index contributed by atoms with van der Waals surface area (Å²) in [6.07, 6.45) is 2.16. The van der Waals surface area contributed by atoms with E-state index in [-0.39, 0.29) is 11.5 Å². The third-order valence-electron chi connectivity index (χ3n) is 5.95. The molecule has 6 heteroatoms. The summed E-state index contributed by atoms with van der Waals surface area (Å²) >= 11 is 0. The van der Waals surface area contributed by atoms with Crippen molar-refractivity contribution in [3.63, 3.8) is 0 Å². The molecule has 1 aliphatic rings. The van der Waals surface area contributed by atoms with Gasteiger partial charge in [0, 0.05) is 50.2 Å². The van der Waals surface area contributed by atoms with Gasteiger partial charge in [-0.15, -0.1) is 0 Å². The lowest BCUT2D eigenvalue weighted by atomic mass is 10.1. The zero-order chi connectivity index (χ0) is 21.6. The number of H-pyrrole nitrogens is 1. The van der Waals surface area contributed by atoms with Crippen molar-refractivity contribution in [3.8, 4) is 5.75 Å². The van der Waals surface area contributed by atoms with Crippen LogP contribution in [0.2, 0.25) is 0 Å². The number of para-hydroxylation sites is 1. The number of nitrogens with one attached hydrogen (secondary N) is 1. The molecule has 1 fully saturated rings. The lowest BCUT2D eigenvalue weighted by Gasteiger charge is -2.22. The predicted octanol–water partition coefficient (Wildman–Crippen LogP) is 3.20. The van der Waals surface area contributed by atoms with E-state index in [1.807, 2.05) is 59.5 Å². The Labute approximate surface area is 182 Å². The molecule has 0 aliphatic carbocycles. The number of hydrogen-bond acceptors (Lipinski definition) is 4. The lowest BCUT2D eigenvalue weighted by molar-refractivity contribution is -0.131. The summed E-state index contributed by atoms with van der Waals surface area (Å²) in [6, 6.07) is 17.7. The van der Waals surface area contributed by atoms with Gasteiger partial charge in [0.2, 0.25) is 5.91 Å². The van der Waals surface area contributed by atoms with Crippen LogP contribution >= 0.6 is 0 Å². The van der Waals surface area contributed by atoms with Crippen molar-refractivity contribution in [2.45, 2.75) is 25.8 Å². The molecule has 3 aromatic rings. The van der Waals surface area contributed by atoms with Crippen LogP contribution in [0.25, 0.3) is 10.9 Å². The Bertz CT molecular complexity index is 1090. The molecule has 0 saturated carbocycles. The van der Waals surface area contributed by atoms with Crippen LogP contribution < -0.4 is 10.3 Å². The second kappa shape index (κ2) is 9.79. The van der Waals surface area contributed by atoms with E-state index in [4.69, 9.17) is 4.74 Å². The zero-order valence-corrected chi connectivity index (χ0v) is 18.0. The number of carbonyl (C=O) groups is 1. The molecule has 0 atom stereocenters. The third-order valence-corrected chi connectivity index (χ3v) is 5.95. The number of aromatic amines is 1. The minimum Gasteiger partial charge on any atom is -0.497 e. The highest BCUT2D eigenvalue weighted by molar-refractivity contribution is 5.78. The monoisotopic (exact) mass is 419 g/mol. The molecule has 0 unspecified atom stereocenters. The van der Waals surface area contributed by atoms with E-state index in [0.717, 1.165) is 60.3 Å². The van der Waals surface area contributed by atoms with Crippen LogP contribution in [0.5, 0.6) is 5.75 Å². The van der Waals surface area contributed by atoms with Crippen LogP contribution in [-0.2, 0) is 17.8 Å². The number of aromatic nitrogens is 1. The average molecular weight is 420 g/mol. The highest BCUT2D eigenvalue weighted by atomic mass is 16.5. The van der Waals surface area contributed by atoms with Gasteiger partial charge in [-0.1, -0.05) is 30.3 Å². The van der Waals surface area contributed by atoms with Crippen LogP contribution in [0.4, 0.5) is 0 Å². The van der Waals surface area contributed by atoms with Gasteiger partial charge in [-0.2, -0.15) is 0 Å². The number of carbonyl (C=O) groups excluding carboxylic acids is 1. The fraction of sp³-hybridized carbons (Fsp3) is 0.360. The van der Waals surface area contributed by atoms with Crippen molar-refractivity contribution in [2.24, 2.45) is 0 Å². The largest absolute Gasteiger partial charge is 0.497 e. The topological polar surface area (TPSA) is 65.6 Å². The first-order valence-corrected chi connectivity index (χ1v) is 10.9. The van der Waals surface area contributed by atoms with Gasteiger partial charge >= 0.3 is 0 Å². The number of benzene rings is 2. The Morgan fingerprint density at radius 2 is 1.84 bits per heavy atom. The summed E-state index contributed by atoms with van der Waals surface area (Å²) in [4.78, 5) is 32.4. The van der Waals surface area contributed by atoms with Crippen LogP contribution in [0.3, 0.4) is 0 Å². The molecule has 0 spiro atoms. The van der Waals surface area contributed by atoms with E-state index >= 15 is 0 Å². The molecule has 1 amide bonds. The fourth-order valence-electron chi connectivity index (χ4n) is 4.13. The Morgan fingerprint density at radius 1 is 1.03 bits per heavy atom. The molecule has 6 nitrogen and oxygen atoms in total. The molecule has 1 N–H and O–H groups in total. The first kappa shape index (κ1) is 21.1. The Kier molecular flexibility index (Phi) is 6.67. The van der Waals surface area contributed by atoms with Crippen LogP contribution in [0.1, 0.15) is 24.0 Å². The van der Waals surface area contributed by atoms with E-state index in [1.165, 1.54) is 0 Å². The first-order chi connectivity index (χ1) is 15.1. The number of pyridine rings is 1. The number of hydrogen-bond donors (Lipinski definition) is 1. The highest BCUT2D eigenvalue weighted by Crippen LogP contribution is 2.15. The van der Waals surface area contributed by atoms with Crippen LogP contribution in [0, 0.1) is 0 Å². The number of nitrogens with zero attached hydrogens (tertiary/aromatic N) is 2. The van der Waals surface area contributed by atoms with Crippen molar-refractivity contribution in [1.29, 1.82) is 0 Å². The maximum absolute atomic E-state index is 12.7. The minimum absolute atomic E-state index is 0.0321. The standard InChI is InChI=1S/C25H29N3O3/c1-31-22-10-7-19(8-11-22)9-12-24(29)28-14-4-13-27(15-16-28)18-21-17-20-5-2-3-6-23(20)26-25(21)30/h2-3,5-8,10-11,17H,4,9,12-16,18H2,1H3,(H,26,30). The summed E-state index contributed by atoms with van der Waals surface area (Å²) in [6.45, 7) is 3.74. The number of ether oxygens (including phenoxy) is 1. The molecule has 2 aromatic carbocycles. The van der Waals surface area contributed by atoms with E-state index in [9.17, 15) is 9.59 Å². The van der Waals surface area contributed by atoms with Gasteiger partial charge < -0.3 is 14.6 Å². The molecule has 2 heterocycles. The number of aryl methyl sites for hydroxylation is 1. The quantitative estimate of drug-likeness (QED) is 0.666. The van der Waals surface area contributed by atoms with Crippen molar-refractivity contribution < 1.29 is 9.53 Å². The summed E-state index contributed by atoms with van der Waals surface area (Å²) in [5.41, 5.74) is 2.75. The molecule has 31 heavy (non-hydrogen) atoms. The Balaban J connectivity index is 1.32. The first-order valence-electron chi connectivity index (χ1n) is 10.9. The van der Waals surface area contributed by atoms with Crippen LogP contribution in [0.15, 0.2) is 59.4 Å².